The molecule has 29 heavy (non-hydrogen) atoms. The molecule has 4 rings (SSSR count). The zero-order valence-corrected chi connectivity index (χ0v) is 17.9. The summed E-state index contributed by atoms with van der Waals surface area (Å²) in [4.78, 5) is 13.1. The van der Waals surface area contributed by atoms with E-state index in [1.165, 1.54) is 75.5 Å². The van der Waals surface area contributed by atoms with Gasteiger partial charge < -0.3 is 10.6 Å². The number of allylic oxidation sites excluding steroid dienone is 1. The molecule has 1 aromatic rings. The highest BCUT2D eigenvalue weighted by Gasteiger charge is 2.30. The van der Waals surface area contributed by atoms with Crippen molar-refractivity contribution in [3.05, 3.63) is 47.2 Å². The summed E-state index contributed by atoms with van der Waals surface area (Å²) in [5, 5.41) is 7.04. The molecule has 1 aromatic carbocycles. The van der Waals surface area contributed by atoms with Crippen molar-refractivity contribution < 1.29 is 4.79 Å². The molecule has 0 aromatic heterocycles. The third-order valence-electron chi connectivity index (χ3n) is 7.42. The minimum Gasteiger partial charge on any atom is -0.388 e. The number of rotatable bonds is 7. The molecule has 0 aliphatic heterocycles. The maximum Gasteiger partial charge on any atom is 0.248 e. The van der Waals surface area contributed by atoms with Crippen LogP contribution in [0.1, 0.15) is 88.5 Å². The van der Waals surface area contributed by atoms with Crippen LogP contribution in [-0.2, 0) is 4.79 Å². The summed E-state index contributed by atoms with van der Waals surface area (Å²) in [6.45, 7) is 1.89. The summed E-state index contributed by atoms with van der Waals surface area (Å²) in [6, 6.07) is 10.7. The van der Waals surface area contributed by atoms with Crippen LogP contribution in [0.3, 0.4) is 0 Å². The van der Waals surface area contributed by atoms with E-state index in [-0.39, 0.29) is 5.91 Å². The zero-order valence-electron chi connectivity index (χ0n) is 17.9. The Morgan fingerprint density at radius 3 is 2.07 bits per heavy atom. The molecule has 1 unspecified atom stereocenters. The second-order valence-corrected chi connectivity index (χ2v) is 9.57. The minimum atomic E-state index is 0.181. The lowest BCUT2D eigenvalue weighted by Crippen LogP contribution is -2.32. The van der Waals surface area contributed by atoms with E-state index >= 15 is 0 Å². The number of nitrogens with one attached hydrogen (secondary N) is 2. The van der Waals surface area contributed by atoms with Gasteiger partial charge in [-0.2, -0.15) is 0 Å². The standard InChI is InChI=1S/C26H38N2O/c29-26(28-19-21-12-6-2-7-13-21)24-16-23(22-14-8-3-9-15-22)17-25(24)27-18-20-10-4-1-5-11-20/h3,8-9,14-15,20-21,23,27H,1-2,4-7,10-13,16-19H2,(H,28,29). The molecule has 0 radical (unpaired) electrons. The predicted molar refractivity (Wildman–Crippen MR) is 120 cm³/mol. The van der Waals surface area contributed by atoms with Crippen molar-refractivity contribution in [3.8, 4) is 0 Å². The largest absolute Gasteiger partial charge is 0.388 e. The minimum absolute atomic E-state index is 0.181. The molecule has 3 aliphatic carbocycles. The molecule has 0 saturated heterocycles. The molecular weight excluding hydrogens is 356 g/mol. The average Bonchev–Trinajstić information content (AvgIpc) is 3.22. The summed E-state index contributed by atoms with van der Waals surface area (Å²) in [5.74, 6) is 2.07. The van der Waals surface area contributed by atoms with Gasteiger partial charge in [0.1, 0.15) is 0 Å². The summed E-state index contributed by atoms with van der Waals surface area (Å²) >= 11 is 0. The van der Waals surface area contributed by atoms with Gasteiger partial charge in [-0.05, 0) is 61.8 Å². The first kappa shape index (κ1) is 20.5. The molecule has 158 valence electrons. The van der Waals surface area contributed by atoms with Gasteiger partial charge >= 0.3 is 0 Å². The van der Waals surface area contributed by atoms with Gasteiger partial charge in [0.25, 0.3) is 0 Å². The highest BCUT2D eigenvalue weighted by atomic mass is 16.1. The van der Waals surface area contributed by atoms with Crippen LogP contribution < -0.4 is 10.6 Å². The third kappa shape index (κ3) is 5.65. The Bertz CT molecular complexity index is 684. The van der Waals surface area contributed by atoms with Gasteiger partial charge in [0, 0.05) is 24.4 Å². The van der Waals surface area contributed by atoms with Crippen LogP contribution in [-0.4, -0.2) is 19.0 Å². The van der Waals surface area contributed by atoms with Crippen molar-refractivity contribution in [2.75, 3.05) is 13.1 Å². The van der Waals surface area contributed by atoms with Crippen LogP contribution in [0.25, 0.3) is 0 Å². The molecule has 2 N–H and O–H groups in total. The van der Waals surface area contributed by atoms with Crippen LogP contribution in [0.4, 0.5) is 0 Å². The van der Waals surface area contributed by atoms with E-state index in [9.17, 15) is 4.79 Å². The molecule has 1 amide bonds. The van der Waals surface area contributed by atoms with Crippen molar-refractivity contribution in [1.82, 2.24) is 10.6 Å². The highest BCUT2D eigenvalue weighted by molar-refractivity contribution is 5.94. The Kier molecular flexibility index (Phi) is 7.29. The molecular formula is C26H38N2O. The van der Waals surface area contributed by atoms with E-state index in [0.717, 1.165) is 37.4 Å². The fraction of sp³-hybridized carbons (Fsp3) is 0.654. The lowest BCUT2D eigenvalue weighted by atomic mass is 9.89. The summed E-state index contributed by atoms with van der Waals surface area (Å²) in [5.41, 5.74) is 3.59. The fourth-order valence-electron chi connectivity index (χ4n) is 5.57. The molecule has 0 spiro atoms. The smallest absolute Gasteiger partial charge is 0.248 e. The normalized spacial score (nSPS) is 23.9. The van der Waals surface area contributed by atoms with Gasteiger partial charge in [-0.1, -0.05) is 68.9 Å². The lowest BCUT2D eigenvalue weighted by molar-refractivity contribution is -0.117. The quantitative estimate of drug-likeness (QED) is 0.624. The Balaban J connectivity index is 1.39. The van der Waals surface area contributed by atoms with E-state index in [1.54, 1.807) is 0 Å². The third-order valence-corrected chi connectivity index (χ3v) is 7.42. The number of benzene rings is 1. The Hall–Kier alpha value is -1.77. The number of carbonyl (C=O) groups excluding carboxylic acids is 1. The monoisotopic (exact) mass is 394 g/mol. The van der Waals surface area contributed by atoms with E-state index in [2.05, 4.69) is 41.0 Å². The Labute approximate surface area is 176 Å². The fourth-order valence-corrected chi connectivity index (χ4v) is 5.57. The molecule has 0 heterocycles. The SMILES string of the molecule is O=C(NCC1CCCCC1)C1=C(NCC2CCCCC2)CC(c2ccccc2)C1. The van der Waals surface area contributed by atoms with Crippen molar-refractivity contribution in [1.29, 1.82) is 0 Å². The molecule has 3 nitrogen and oxygen atoms in total. The van der Waals surface area contributed by atoms with Gasteiger partial charge in [-0.25, -0.2) is 0 Å². The lowest BCUT2D eigenvalue weighted by Gasteiger charge is -2.23. The molecule has 3 aliphatic rings. The second kappa shape index (κ2) is 10.3. The predicted octanol–water partition coefficient (Wildman–Crippen LogP) is 5.68. The Morgan fingerprint density at radius 1 is 0.793 bits per heavy atom. The average molecular weight is 395 g/mol. The van der Waals surface area contributed by atoms with Crippen molar-refractivity contribution >= 4 is 5.91 Å². The maximum absolute atomic E-state index is 13.1. The van der Waals surface area contributed by atoms with Gasteiger partial charge in [0.05, 0.1) is 0 Å². The number of hydrogen-bond acceptors (Lipinski definition) is 2. The van der Waals surface area contributed by atoms with Gasteiger partial charge in [0.2, 0.25) is 5.91 Å². The summed E-state index contributed by atoms with van der Waals surface area (Å²) < 4.78 is 0. The van der Waals surface area contributed by atoms with Crippen LogP contribution >= 0.6 is 0 Å². The van der Waals surface area contributed by atoms with Crippen LogP contribution in [0, 0.1) is 11.8 Å². The van der Waals surface area contributed by atoms with E-state index in [1.807, 2.05) is 0 Å². The molecule has 1 atom stereocenters. The first-order valence-corrected chi connectivity index (χ1v) is 12.1. The topological polar surface area (TPSA) is 41.1 Å². The molecule has 2 fully saturated rings. The van der Waals surface area contributed by atoms with E-state index in [0.29, 0.717) is 11.8 Å². The van der Waals surface area contributed by atoms with Crippen LogP contribution in [0.15, 0.2) is 41.6 Å². The summed E-state index contributed by atoms with van der Waals surface area (Å²) in [6.07, 6.45) is 15.2. The number of amides is 1. The van der Waals surface area contributed by atoms with Crippen molar-refractivity contribution in [2.45, 2.75) is 83.0 Å². The molecule has 3 heteroatoms. The summed E-state index contributed by atoms with van der Waals surface area (Å²) in [7, 11) is 0. The zero-order chi connectivity index (χ0) is 19.9. The van der Waals surface area contributed by atoms with Gasteiger partial charge in [0.15, 0.2) is 0 Å². The van der Waals surface area contributed by atoms with Gasteiger partial charge in [-0.3, -0.25) is 4.79 Å². The molecule has 2 saturated carbocycles. The first-order chi connectivity index (χ1) is 14.3. The van der Waals surface area contributed by atoms with E-state index < -0.39 is 0 Å². The van der Waals surface area contributed by atoms with Crippen molar-refractivity contribution in [2.24, 2.45) is 11.8 Å². The van der Waals surface area contributed by atoms with Crippen molar-refractivity contribution in [3.63, 3.8) is 0 Å². The van der Waals surface area contributed by atoms with Crippen LogP contribution in [0.2, 0.25) is 0 Å². The number of hydrogen-bond donors (Lipinski definition) is 2. The van der Waals surface area contributed by atoms with Gasteiger partial charge in [-0.15, -0.1) is 0 Å². The number of carbonyl (C=O) groups is 1. The molecule has 0 bridgehead atoms. The van der Waals surface area contributed by atoms with Crippen LogP contribution in [0.5, 0.6) is 0 Å². The highest BCUT2D eigenvalue weighted by Crippen LogP contribution is 2.38. The van der Waals surface area contributed by atoms with E-state index in [4.69, 9.17) is 0 Å². The Morgan fingerprint density at radius 2 is 1.41 bits per heavy atom. The first-order valence-electron chi connectivity index (χ1n) is 12.1. The second-order valence-electron chi connectivity index (χ2n) is 9.57. The maximum atomic E-state index is 13.1.